The van der Waals surface area contributed by atoms with Crippen LogP contribution in [0.2, 0.25) is 0 Å². The predicted molar refractivity (Wildman–Crippen MR) is 49.4 cm³/mol. The summed E-state index contributed by atoms with van der Waals surface area (Å²) in [5, 5.41) is 8.65. The van der Waals surface area contributed by atoms with Gasteiger partial charge in [-0.15, -0.1) is 0 Å². The summed E-state index contributed by atoms with van der Waals surface area (Å²) in [6.07, 6.45) is 1.36. The SMILES string of the molecule is BCc1cc(F)cc(CCO)c1. The maximum Gasteiger partial charge on any atom is 0.123 e. The summed E-state index contributed by atoms with van der Waals surface area (Å²) >= 11 is 0. The summed E-state index contributed by atoms with van der Waals surface area (Å²) in [7, 11) is 1.98. The van der Waals surface area contributed by atoms with Crippen molar-refractivity contribution in [2.75, 3.05) is 6.61 Å². The van der Waals surface area contributed by atoms with Crippen LogP contribution in [0.4, 0.5) is 4.39 Å². The van der Waals surface area contributed by atoms with E-state index in [0.29, 0.717) is 6.42 Å². The van der Waals surface area contributed by atoms with Gasteiger partial charge in [-0.1, -0.05) is 17.9 Å². The van der Waals surface area contributed by atoms with Crippen LogP contribution in [-0.4, -0.2) is 19.6 Å². The van der Waals surface area contributed by atoms with Gasteiger partial charge in [0.05, 0.1) is 0 Å². The largest absolute Gasteiger partial charge is 0.396 e. The van der Waals surface area contributed by atoms with E-state index in [1.54, 1.807) is 0 Å². The Morgan fingerprint density at radius 1 is 1.25 bits per heavy atom. The van der Waals surface area contributed by atoms with Crippen molar-refractivity contribution in [3.05, 3.63) is 35.1 Å². The number of hydrogen-bond acceptors (Lipinski definition) is 1. The number of hydrogen-bond donors (Lipinski definition) is 1. The van der Waals surface area contributed by atoms with Gasteiger partial charge in [0.25, 0.3) is 0 Å². The summed E-state index contributed by atoms with van der Waals surface area (Å²) in [4.78, 5) is 0. The molecule has 0 aliphatic carbocycles. The Kier molecular flexibility index (Phi) is 3.29. The van der Waals surface area contributed by atoms with Crippen molar-refractivity contribution < 1.29 is 9.50 Å². The second-order valence-electron chi connectivity index (χ2n) is 2.79. The molecule has 0 bridgehead atoms. The zero-order chi connectivity index (χ0) is 8.97. The Balaban J connectivity index is 2.90. The lowest BCUT2D eigenvalue weighted by molar-refractivity contribution is 0.299. The first-order valence-corrected chi connectivity index (χ1v) is 4.15. The molecule has 0 fully saturated rings. The Morgan fingerprint density at radius 3 is 2.50 bits per heavy atom. The summed E-state index contributed by atoms with van der Waals surface area (Å²) in [6, 6.07) is 4.93. The molecule has 0 aliphatic rings. The molecule has 0 aromatic heterocycles. The molecule has 64 valence electrons. The summed E-state index contributed by atoms with van der Waals surface area (Å²) < 4.78 is 12.9. The van der Waals surface area contributed by atoms with Gasteiger partial charge in [0, 0.05) is 6.61 Å². The van der Waals surface area contributed by atoms with Gasteiger partial charge in [0.15, 0.2) is 0 Å². The van der Waals surface area contributed by atoms with E-state index >= 15 is 0 Å². The third kappa shape index (κ3) is 2.34. The van der Waals surface area contributed by atoms with Gasteiger partial charge in [-0.2, -0.15) is 0 Å². The fraction of sp³-hybridized carbons (Fsp3) is 0.333. The molecule has 0 atom stereocenters. The van der Waals surface area contributed by atoms with Crippen LogP contribution in [0.3, 0.4) is 0 Å². The highest BCUT2D eigenvalue weighted by molar-refractivity contribution is 6.08. The number of aliphatic hydroxyl groups is 1. The molecule has 0 saturated heterocycles. The zero-order valence-electron chi connectivity index (χ0n) is 7.18. The number of halogens is 1. The fourth-order valence-corrected chi connectivity index (χ4v) is 1.19. The lowest BCUT2D eigenvalue weighted by atomic mass is 9.95. The summed E-state index contributed by atoms with van der Waals surface area (Å²) in [6.45, 7) is 0.0760. The molecule has 1 aromatic rings. The maximum atomic E-state index is 12.9. The fourth-order valence-electron chi connectivity index (χ4n) is 1.19. The van der Waals surface area contributed by atoms with E-state index in [1.165, 1.54) is 12.1 Å². The smallest absolute Gasteiger partial charge is 0.123 e. The number of benzene rings is 1. The van der Waals surface area contributed by atoms with Gasteiger partial charge in [0.1, 0.15) is 13.7 Å². The van der Waals surface area contributed by atoms with Gasteiger partial charge in [-0.3, -0.25) is 0 Å². The van der Waals surface area contributed by atoms with Crippen LogP contribution in [-0.2, 0) is 12.7 Å². The van der Waals surface area contributed by atoms with Crippen LogP contribution in [0.15, 0.2) is 18.2 Å². The number of rotatable bonds is 3. The summed E-state index contributed by atoms with van der Waals surface area (Å²) in [5.74, 6) is -0.210. The highest BCUT2D eigenvalue weighted by atomic mass is 19.1. The highest BCUT2D eigenvalue weighted by Gasteiger charge is 1.98. The van der Waals surface area contributed by atoms with Crippen molar-refractivity contribution in [2.24, 2.45) is 0 Å². The van der Waals surface area contributed by atoms with Gasteiger partial charge in [-0.05, 0) is 24.1 Å². The molecular weight excluding hydrogens is 154 g/mol. The third-order valence-electron chi connectivity index (χ3n) is 1.83. The molecule has 1 aromatic carbocycles. The number of aliphatic hydroxyl groups excluding tert-OH is 1. The Morgan fingerprint density at radius 2 is 1.92 bits per heavy atom. The van der Waals surface area contributed by atoms with Gasteiger partial charge >= 0.3 is 0 Å². The highest BCUT2D eigenvalue weighted by Crippen LogP contribution is 2.09. The first-order chi connectivity index (χ1) is 5.76. The summed E-state index contributed by atoms with van der Waals surface area (Å²) in [5.41, 5.74) is 1.85. The standard InChI is InChI=1S/C9H12BFO/c10-6-8-3-7(1-2-12)4-9(11)5-8/h3-5,12H,1-2,6,10H2. The Bertz CT molecular complexity index is 263. The molecular formula is C9H12BFO. The molecule has 0 amide bonds. The van der Waals surface area contributed by atoms with E-state index in [-0.39, 0.29) is 12.4 Å². The van der Waals surface area contributed by atoms with Crippen molar-refractivity contribution in [1.82, 2.24) is 0 Å². The zero-order valence-corrected chi connectivity index (χ0v) is 7.18. The van der Waals surface area contributed by atoms with Gasteiger partial charge in [-0.25, -0.2) is 4.39 Å². The molecule has 0 radical (unpaired) electrons. The van der Waals surface area contributed by atoms with E-state index in [1.807, 2.05) is 13.9 Å². The normalized spacial score (nSPS) is 10.2. The molecule has 0 spiro atoms. The van der Waals surface area contributed by atoms with Gasteiger partial charge in [0.2, 0.25) is 0 Å². The molecule has 0 aliphatic heterocycles. The molecule has 1 rings (SSSR count). The van der Waals surface area contributed by atoms with E-state index in [2.05, 4.69) is 0 Å². The average Bonchev–Trinajstić information content (AvgIpc) is 2.04. The van der Waals surface area contributed by atoms with Crippen LogP contribution in [0, 0.1) is 5.82 Å². The molecule has 12 heavy (non-hydrogen) atoms. The second-order valence-corrected chi connectivity index (χ2v) is 2.79. The van der Waals surface area contributed by atoms with Crippen LogP contribution < -0.4 is 0 Å². The monoisotopic (exact) mass is 166 g/mol. The molecule has 1 N–H and O–H groups in total. The minimum absolute atomic E-state index is 0.0760. The van der Waals surface area contributed by atoms with E-state index in [0.717, 1.165) is 17.4 Å². The first kappa shape index (κ1) is 9.26. The van der Waals surface area contributed by atoms with Crippen molar-refractivity contribution in [3.8, 4) is 0 Å². The predicted octanol–water partition coefficient (Wildman–Crippen LogP) is 0.494. The molecule has 0 unspecified atom stereocenters. The molecule has 0 saturated carbocycles. The quantitative estimate of drug-likeness (QED) is 0.648. The molecule has 0 heterocycles. The van der Waals surface area contributed by atoms with Crippen molar-refractivity contribution in [3.63, 3.8) is 0 Å². The van der Waals surface area contributed by atoms with Crippen LogP contribution in [0.1, 0.15) is 11.1 Å². The first-order valence-electron chi connectivity index (χ1n) is 4.15. The van der Waals surface area contributed by atoms with Crippen molar-refractivity contribution in [2.45, 2.75) is 12.7 Å². The van der Waals surface area contributed by atoms with E-state index in [9.17, 15) is 4.39 Å². The van der Waals surface area contributed by atoms with Crippen LogP contribution in [0.25, 0.3) is 0 Å². The lowest BCUT2D eigenvalue weighted by Gasteiger charge is -2.02. The Labute approximate surface area is 72.6 Å². The van der Waals surface area contributed by atoms with E-state index in [4.69, 9.17) is 5.11 Å². The van der Waals surface area contributed by atoms with E-state index < -0.39 is 0 Å². The third-order valence-corrected chi connectivity index (χ3v) is 1.83. The maximum absolute atomic E-state index is 12.9. The van der Waals surface area contributed by atoms with Crippen LogP contribution in [0.5, 0.6) is 0 Å². The minimum atomic E-state index is -0.210. The topological polar surface area (TPSA) is 20.2 Å². The van der Waals surface area contributed by atoms with Crippen molar-refractivity contribution >= 4 is 7.85 Å². The minimum Gasteiger partial charge on any atom is -0.396 e. The average molecular weight is 166 g/mol. The van der Waals surface area contributed by atoms with Gasteiger partial charge < -0.3 is 5.11 Å². The second kappa shape index (κ2) is 4.26. The molecule has 1 nitrogen and oxygen atoms in total. The lowest BCUT2D eigenvalue weighted by Crippen LogP contribution is -1.94. The van der Waals surface area contributed by atoms with Crippen LogP contribution >= 0.6 is 0 Å². The Hall–Kier alpha value is -0.825. The van der Waals surface area contributed by atoms with Crippen molar-refractivity contribution in [1.29, 1.82) is 0 Å². The molecule has 3 heteroatoms.